The number of fused-ring (bicyclic) bond motifs is 1. The lowest BCUT2D eigenvalue weighted by Crippen LogP contribution is -2.43. The van der Waals surface area contributed by atoms with Crippen molar-refractivity contribution >= 4 is 5.91 Å². The van der Waals surface area contributed by atoms with Crippen LogP contribution in [0.25, 0.3) is 0 Å². The van der Waals surface area contributed by atoms with E-state index in [9.17, 15) is 14.3 Å². The maximum atomic E-state index is 13.1. The second-order valence-corrected chi connectivity index (χ2v) is 5.59. The first-order valence-corrected chi connectivity index (χ1v) is 7.29. The van der Waals surface area contributed by atoms with Gasteiger partial charge in [-0.25, -0.2) is 4.98 Å². The quantitative estimate of drug-likeness (QED) is 0.854. The van der Waals surface area contributed by atoms with Crippen molar-refractivity contribution in [3.63, 3.8) is 0 Å². The highest BCUT2D eigenvalue weighted by Gasteiger charge is 2.34. The molecule has 0 bridgehead atoms. The standard InChI is InChI=1S/C17H17FN2O2/c18-15-10-13(7-9-19-15)16(21)20-11-17(22)8-3-5-12-4-1-2-6-14(12)17/h1-2,4,6-7,9-10,22H,3,5,8,11H2,(H,20,21). The molecule has 0 aliphatic heterocycles. The first-order valence-electron chi connectivity index (χ1n) is 7.29. The molecule has 1 atom stereocenters. The molecule has 1 aliphatic carbocycles. The van der Waals surface area contributed by atoms with Gasteiger partial charge in [0.15, 0.2) is 0 Å². The minimum absolute atomic E-state index is 0.104. The number of benzene rings is 1. The predicted octanol–water partition coefficient (Wildman–Crippen LogP) is 2.17. The fourth-order valence-corrected chi connectivity index (χ4v) is 2.95. The molecular formula is C17H17FN2O2. The Balaban J connectivity index is 1.75. The molecule has 1 amide bonds. The molecular weight excluding hydrogens is 283 g/mol. The van der Waals surface area contributed by atoms with E-state index in [4.69, 9.17) is 0 Å². The van der Waals surface area contributed by atoms with Crippen molar-refractivity contribution < 1.29 is 14.3 Å². The number of aliphatic hydroxyl groups is 1. The molecule has 2 aromatic rings. The van der Waals surface area contributed by atoms with Crippen LogP contribution in [0.1, 0.15) is 34.3 Å². The number of pyridine rings is 1. The molecule has 2 N–H and O–H groups in total. The number of hydrogen-bond acceptors (Lipinski definition) is 3. The molecule has 4 nitrogen and oxygen atoms in total. The number of carbonyl (C=O) groups is 1. The lowest BCUT2D eigenvalue weighted by Gasteiger charge is -2.34. The summed E-state index contributed by atoms with van der Waals surface area (Å²) in [7, 11) is 0. The van der Waals surface area contributed by atoms with E-state index in [1.807, 2.05) is 24.3 Å². The van der Waals surface area contributed by atoms with E-state index in [0.29, 0.717) is 6.42 Å². The number of amides is 1. The summed E-state index contributed by atoms with van der Waals surface area (Å²) in [5, 5.41) is 13.6. The van der Waals surface area contributed by atoms with Crippen molar-refractivity contribution in [2.24, 2.45) is 0 Å². The summed E-state index contributed by atoms with van der Waals surface area (Å²) in [6.45, 7) is 0.104. The molecule has 0 spiro atoms. The van der Waals surface area contributed by atoms with Gasteiger partial charge in [0.05, 0.1) is 6.54 Å². The molecule has 22 heavy (non-hydrogen) atoms. The first-order chi connectivity index (χ1) is 10.6. The Labute approximate surface area is 128 Å². The maximum absolute atomic E-state index is 13.1. The van der Waals surface area contributed by atoms with Gasteiger partial charge in [-0.05, 0) is 36.5 Å². The normalized spacial score (nSPS) is 20.3. The highest BCUT2D eigenvalue weighted by Crippen LogP contribution is 2.34. The van der Waals surface area contributed by atoms with E-state index in [1.54, 1.807) is 0 Å². The monoisotopic (exact) mass is 300 g/mol. The Bertz CT molecular complexity index is 705. The molecule has 0 radical (unpaired) electrons. The fraction of sp³-hybridized carbons (Fsp3) is 0.294. The van der Waals surface area contributed by atoms with E-state index in [0.717, 1.165) is 30.0 Å². The Kier molecular flexibility index (Phi) is 3.90. The molecule has 0 fully saturated rings. The van der Waals surface area contributed by atoms with Crippen LogP contribution < -0.4 is 5.32 Å². The van der Waals surface area contributed by atoms with Gasteiger partial charge in [-0.1, -0.05) is 24.3 Å². The summed E-state index contributed by atoms with van der Waals surface area (Å²) in [6, 6.07) is 10.2. The molecule has 5 heteroatoms. The summed E-state index contributed by atoms with van der Waals surface area (Å²) in [5.41, 5.74) is 1.10. The minimum Gasteiger partial charge on any atom is -0.383 e. The van der Waals surface area contributed by atoms with E-state index in [-0.39, 0.29) is 12.1 Å². The van der Waals surface area contributed by atoms with Crippen LogP contribution in [0, 0.1) is 5.95 Å². The molecule has 114 valence electrons. The van der Waals surface area contributed by atoms with Crippen LogP contribution in [-0.4, -0.2) is 22.5 Å². The third-order valence-electron chi connectivity index (χ3n) is 4.09. The van der Waals surface area contributed by atoms with Crippen molar-refractivity contribution in [3.05, 3.63) is 65.2 Å². The highest BCUT2D eigenvalue weighted by atomic mass is 19.1. The van der Waals surface area contributed by atoms with Crippen molar-refractivity contribution in [1.29, 1.82) is 0 Å². The molecule has 0 saturated heterocycles. The number of hydrogen-bond donors (Lipinski definition) is 2. The van der Waals surface area contributed by atoms with Gasteiger partial charge in [0.1, 0.15) is 5.60 Å². The van der Waals surface area contributed by atoms with Gasteiger partial charge in [0.2, 0.25) is 5.95 Å². The molecule has 3 rings (SSSR count). The molecule has 1 aromatic carbocycles. The van der Waals surface area contributed by atoms with Crippen LogP contribution >= 0.6 is 0 Å². The largest absolute Gasteiger partial charge is 0.383 e. The van der Waals surface area contributed by atoms with Crippen molar-refractivity contribution in [3.8, 4) is 0 Å². The number of aromatic nitrogens is 1. The fourth-order valence-electron chi connectivity index (χ4n) is 2.95. The van der Waals surface area contributed by atoms with E-state index < -0.39 is 17.5 Å². The van der Waals surface area contributed by atoms with Gasteiger partial charge in [-0.3, -0.25) is 4.79 Å². The lowest BCUT2D eigenvalue weighted by atomic mass is 9.79. The van der Waals surface area contributed by atoms with Gasteiger partial charge in [-0.2, -0.15) is 4.39 Å². The first kappa shape index (κ1) is 14.7. The summed E-state index contributed by atoms with van der Waals surface area (Å²) in [6.07, 6.45) is 3.64. The molecule has 1 heterocycles. The summed E-state index contributed by atoms with van der Waals surface area (Å²) in [5.74, 6) is -1.12. The Hall–Kier alpha value is -2.27. The summed E-state index contributed by atoms with van der Waals surface area (Å²) < 4.78 is 13.1. The third kappa shape index (κ3) is 2.85. The minimum atomic E-state index is -1.07. The zero-order chi connectivity index (χ0) is 15.6. The Morgan fingerprint density at radius 2 is 2.18 bits per heavy atom. The van der Waals surface area contributed by atoms with Gasteiger partial charge < -0.3 is 10.4 Å². The second-order valence-electron chi connectivity index (χ2n) is 5.59. The molecule has 1 aliphatic rings. The SMILES string of the molecule is O=C(NCC1(O)CCCc2ccccc21)c1ccnc(F)c1. The van der Waals surface area contributed by atoms with Crippen molar-refractivity contribution in [2.45, 2.75) is 24.9 Å². The number of rotatable bonds is 3. The van der Waals surface area contributed by atoms with Gasteiger partial charge in [0, 0.05) is 17.8 Å². The van der Waals surface area contributed by atoms with Crippen molar-refractivity contribution in [1.82, 2.24) is 10.3 Å². The zero-order valence-corrected chi connectivity index (χ0v) is 12.1. The van der Waals surface area contributed by atoms with Crippen LogP contribution in [0.3, 0.4) is 0 Å². The maximum Gasteiger partial charge on any atom is 0.251 e. The zero-order valence-electron chi connectivity index (χ0n) is 12.1. The average molecular weight is 300 g/mol. The van der Waals surface area contributed by atoms with Crippen LogP contribution in [0.5, 0.6) is 0 Å². The van der Waals surface area contributed by atoms with Crippen LogP contribution in [0.4, 0.5) is 4.39 Å². The van der Waals surface area contributed by atoms with E-state index >= 15 is 0 Å². The van der Waals surface area contributed by atoms with Crippen LogP contribution in [-0.2, 0) is 12.0 Å². The van der Waals surface area contributed by atoms with Gasteiger partial charge >= 0.3 is 0 Å². The smallest absolute Gasteiger partial charge is 0.251 e. The number of carbonyl (C=O) groups excluding carboxylic acids is 1. The Morgan fingerprint density at radius 3 is 3.00 bits per heavy atom. The average Bonchev–Trinajstić information content (AvgIpc) is 2.53. The molecule has 0 saturated carbocycles. The summed E-state index contributed by atoms with van der Waals surface area (Å²) in [4.78, 5) is 15.5. The predicted molar refractivity (Wildman–Crippen MR) is 79.8 cm³/mol. The van der Waals surface area contributed by atoms with Gasteiger partial charge in [-0.15, -0.1) is 0 Å². The molecule has 1 unspecified atom stereocenters. The topological polar surface area (TPSA) is 62.2 Å². The van der Waals surface area contributed by atoms with Crippen LogP contribution in [0.15, 0.2) is 42.6 Å². The van der Waals surface area contributed by atoms with E-state index in [2.05, 4.69) is 10.3 Å². The summed E-state index contributed by atoms with van der Waals surface area (Å²) >= 11 is 0. The highest BCUT2D eigenvalue weighted by molar-refractivity contribution is 5.94. The Morgan fingerprint density at radius 1 is 1.36 bits per heavy atom. The second kappa shape index (κ2) is 5.85. The lowest BCUT2D eigenvalue weighted by molar-refractivity contribution is 0.0189. The number of nitrogens with zero attached hydrogens (tertiary/aromatic N) is 1. The molecule has 1 aromatic heterocycles. The van der Waals surface area contributed by atoms with Gasteiger partial charge in [0.25, 0.3) is 5.91 Å². The number of aryl methyl sites for hydroxylation is 1. The van der Waals surface area contributed by atoms with E-state index in [1.165, 1.54) is 12.3 Å². The van der Waals surface area contributed by atoms with Crippen molar-refractivity contribution in [2.75, 3.05) is 6.54 Å². The number of nitrogens with one attached hydrogen (secondary N) is 1. The van der Waals surface area contributed by atoms with Crippen LogP contribution in [0.2, 0.25) is 0 Å². The number of halogens is 1. The third-order valence-corrected chi connectivity index (χ3v) is 4.09.